The fourth-order valence-electron chi connectivity index (χ4n) is 2.01. The number of nitrogens with two attached hydrogens (primary N) is 1. The first-order valence-corrected chi connectivity index (χ1v) is 6.57. The maximum Gasteiger partial charge on any atom is 0.274 e. The second-order valence-electron chi connectivity index (χ2n) is 4.63. The SMILES string of the molecule is NCc1ccc(C(=O)Nc2cnc3ccccc3c2)nc1. The summed E-state index contributed by atoms with van der Waals surface area (Å²) in [5.41, 5.74) is 8.27. The normalized spacial score (nSPS) is 10.5. The number of amides is 1. The number of hydrogen-bond acceptors (Lipinski definition) is 4. The molecule has 0 spiro atoms. The molecule has 0 aliphatic rings. The molecule has 5 nitrogen and oxygen atoms in total. The van der Waals surface area contributed by atoms with Gasteiger partial charge in [0.25, 0.3) is 5.91 Å². The molecular weight excluding hydrogens is 264 g/mol. The number of anilines is 1. The van der Waals surface area contributed by atoms with E-state index in [2.05, 4.69) is 15.3 Å². The van der Waals surface area contributed by atoms with Gasteiger partial charge in [-0.05, 0) is 23.8 Å². The summed E-state index contributed by atoms with van der Waals surface area (Å²) in [7, 11) is 0. The van der Waals surface area contributed by atoms with E-state index in [1.54, 1.807) is 24.5 Å². The molecule has 0 fully saturated rings. The average Bonchev–Trinajstić information content (AvgIpc) is 2.55. The van der Waals surface area contributed by atoms with Gasteiger partial charge in [-0.2, -0.15) is 0 Å². The molecule has 1 amide bonds. The first-order valence-electron chi connectivity index (χ1n) is 6.57. The average molecular weight is 278 g/mol. The van der Waals surface area contributed by atoms with Crippen molar-refractivity contribution in [3.63, 3.8) is 0 Å². The van der Waals surface area contributed by atoms with Crippen molar-refractivity contribution in [2.75, 3.05) is 5.32 Å². The Kier molecular flexibility index (Phi) is 3.57. The standard InChI is InChI=1S/C16H14N4O/c17-8-11-5-6-15(18-9-11)16(21)20-13-7-12-3-1-2-4-14(12)19-10-13/h1-7,9-10H,8,17H2,(H,20,21). The third kappa shape index (κ3) is 2.88. The maximum absolute atomic E-state index is 12.1. The van der Waals surface area contributed by atoms with E-state index in [1.807, 2.05) is 30.3 Å². The third-order valence-electron chi connectivity index (χ3n) is 3.14. The van der Waals surface area contributed by atoms with E-state index < -0.39 is 0 Å². The molecule has 2 heterocycles. The molecule has 0 saturated heterocycles. The van der Waals surface area contributed by atoms with Crippen LogP contribution in [0, 0.1) is 0 Å². The summed E-state index contributed by atoms with van der Waals surface area (Å²) in [6.45, 7) is 0.406. The molecule has 5 heteroatoms. The fourth-order valence-corrected chi connectivity index (χ4v) is 2.01. The summed E-state index contributed by atoms with van der Waals surface area (Å²) in [6.07, 6.45) is 3.24. The predicted molar refractivity (Wildman–Crippen MR) is 81.8 cm³/mol. The summed E-state index contributed by atoms with van der Waals surface area (Å²) in [6, 6.07) is 13.1. The Morgan fingerprint density at radius 1 is 1.10 bits per heavy atom. The van der Waals surface area contributed by atoms with E-state index in [4.69, 9.17) is 5.73 Å². The number of carbonyl (C=O) groups excluding carboxylic acids is 1. The maximum atomic E-state index is 12.1. The minimum atomic E-state index is -0.268. The van der Waals surface area contributed by atoms with Gasteiger partial charge < -0.3 is 11.1 Å². The minimum absolute atomic E-state index is 0.268. The van der Waals surface area contributed by atoms with E-state index >= 15 is 0 Å². The van der Waals surface area contributed by atoms with Crippen LogP contribution in [0.5, 0.6) is 0 Å². The van der Waals surface area contributed by atoms with Gasteiger partial charge in [-0.3, -0.25) is 14.8 Å². The van der Waals surface area contributed by atoms with Crippen molar-refractivity contribution in [2.24, 2.45) is 5.73 Å². The van der Waals surface area contributed by atoms with Gasteiger partial charge in [0.15, 0.2) is 0 Å². The molecular formula is C16H14N4O. The molecule has 0 unspecified atom stereocenters. The minimum Gasteiger partial charge on any atom is -0.326 e. The molecule has 104 valence electrons. The smallest absolute Gasteiger partial charge is 0.274 e. The zero-order valence-electron chi connectivity index (χ0n) is 11.3. The molecule has 0 bridgehead atoms. The van der Waals surface area contributed by atoms with Crippen LogP contribution in [0.4, 0.5) is 5.69 Å². The summed E-state index contributed by atoms with van der Waals surface area (Å²) >= 11 is 0. The molecule has 3 rings (SSSR count). The highest BCUT2D eigenvalue weighted by Crippen LogP contribution is 2.16. The van der Waals surface area contributed by atoms with Gasteiger partial charge in [-0.15, -0.1) is 0 Å². The van der Waals surface area contributed by atoms with Gasteiger partial charge in [0.2, 0.25) is 0 Å². The number of nitrogens with one attached hydrogen (secondary N) is 1. The van der Waals surface area contributed by atoms with Crippen molar-refractivity contribution >= 4 is 22.5 Å². The molecule has 0 atom stereocenters. The first kappa shape index (κ1) is 13.2. The van der Waals surface area contributed by atoms with Crippen molar-refractivity contribution in [2.45, 2.75) is 6.54 Å². The van der Waals surface area contributed by atoms with E-state index in [1.165, 1.54) is 0 Å². The topological polar surface area (TPSA) is 80.9 Å². The van der Waals surface area contributed by atoms with Gasteiger partial charge in [0.05, 0.1) is 17.4 Å². The molecule has 21 heavy (non-hydrogen) atoms. The lowest BCUT2D eigenvalue weighted by Crippen LogP contribution is -2.14. The van der Waals surface area contributed by atoms with Crippen LogP contribution in [0.2, 0.25) is 0 Å². The van der Waals surface area contributed by atoms with E-state index in [9.17, 15) is 4.79 Å². The van der Waals surface area contributed by atoms with Crippen molar-refractivity contribution in [3.8, 4) is 0 Å². The van der Waals surface area contributed by atoms with Crippen LogP contribution in [0.3, 0.4) is 0 Å². The second kappa shape index (κ2) is 5.68. The number of hydrogen-bond donors (Lipinski definition) is 2. The third-order valence-corrected chi connectivity index (χ3v) is 3.14. The van der Waals surface area contributed by atoms with Crippen LogP contribution < -0.4 is 11.1 Å². The zero-order chi connectivity index (χ0) is 14.7. The molecule has 0 radical (unpaired) electrons. The monoisotopic (exact) mass is 278 g/mol. The van der Waals surface area contributed by atoms with Crippen molar-refractivity contribution in [3.05, 3.63) is 66.1 Å². The Hall–Kier alpha value is -2.79. The summed E-state index contributed by atoms with van der Waals surface area (Å²) in [5, 5.41) is 3.77. The Labute approximate surface area is 121 Å². The Balaban J connectivity index is 1.81. The second-order valence-corrected chi connectivity index (χ2v) is 4.63. The molecule has 1 aromatic carbocycles. The van der Waals surface area contributed by atoms with Gasteiger partial charge in [-0.1, -0.05) is 24.3 Å². The molecule has 0 saturated carbocycles. The fraction of sp³-hybridized carbons (Fsp3) is 0.0625. The number of pyridine rings is 2. The van der Waals surface area contributed by atoms with Crippen LogP contribution in [0.1, 0.15) is 16.1 Å². The van der Waals surface area contributed by atoms with Gasteiger partial charge in [0.1, 0.15) is 5.69 Å². The predicted octanol–water partition coefficient (Wildman–Crippen LogP) is 2.34. The Bertz CT molecular complexity index is 784. The number of benzene rings is 1. The number of aromatic nitrogens is 2. The lowest BCUT2D eigenvalue weighted by molar-refractivity contribution is 0.102. The van der Waals surface area contributed by atoms with Crippen LogP contribution in [0.15, 0.2) is 54.9 Å². The lowest BCUT2D eigenvalue weighted by atomic mass is 10.2. The molecule has 3 aromatic rings. The highest BCUT2D eigenvalue weighted by Gasteiger charge is 2.08. The highest BCUT2D eigenvalue weighted by atomic mass is 16.1. The molecule has 0 aliphatic heterocycles. The number of para-hydroxylation sites is 1. The molecule has 3 N–H and O–H groups in total. The summed E-state index contributed by atoms with van der Waals surface area (Å²) < 4.78 is 0. The van der Waals surface area contributed by atoms with Crippen molar-refractivity contribution < 1.29 is 4.79 Å². The van der Waals surface area contributed by atoms with Gasteiger partial charge >= 0.3 is 0 Å². The number of nitrogens with zero attached hydrogens (tertiary/aromatic N) is 2. The Morgan fingerprint density at radius 2 is 1.95 bits per heavy atom. The van der Waals surface area contributed by atoms with Crippen LogP contribution in [0.25, 0.3) is 10.9 Å². The largest absolute Gasteiger partial charge is 0.326 e. The number of rotatable bonds is 3. The van der Waals surface area contributed by atoms with Crippen LogP contribution in [-0.2, 0) is 6.54 Å². The van der Waals surface area contributed by atoms with E-state index in [0.717, 1.165) is 16.5 Å². The van der Waals surface area contributed by atoms with Gasteiger partial charge in [-0.25, -0.2) is 0 Å². The zero-order valence-corrected chi connectivity index (χ0v) is 11.3. The summed E-state index contributed by atoms with van der Waals surface area (Å²) in [5.74, 6) is -0.268. The van der Waals surface area contributed by atoms with Crippen LogP contribution >= 0.6 is 0 Å². The van der Waals surface area contributed by atoms with Crippen molar-refractivity contribution in [1.82, 2.24) is 9.97 Å². The van der Waals surface area contributed by atoms with Crippen molar-refractivity contribution in [1.29, 1.82) is 0 Å². The van der Waals surface area contributed by atoms with Gasteiger partial charge in [0, 0.05) is 18.1 Å². The van der Waals surface area contributed by atoms with E-state index in [-0.39, 0.29) is 5.91 Å². The van der Waals surface area contributed by atoms with E-state index in [0.29, 0.717) is 17.9 Å². The highest BCUT2D eigenvalue weighted by molar-refractivity contribution is 6.03. The molecule has 0 aliphatic carbocycles. The number of carbonyl (C=O) groups is 1. The first-order chi connectivity index (χ1) is 10.3. The number of fused-ring (bicyclic) bond motifs is 1. The van der Waals surface area contributed by atoms with Crippen LogP contribution in [-0.4, -0.2) is 15.9 Å². The Morgan fingerprint density at radius 3 is 2.71 bits per heavy atom. The quantitative estimate of drug-likeness (QED) is 0.770. The summed E-state index contributed by atoms with van der Waals surface area (Å²) in [4.78, 5) is 20.5. The molecule has 2 aromatic heterocycles. The lowest BCUT2D eigenvalue weighted by Gasteiger charge is -2.06.